The Hall–Kier alpha value is -1.36. The smallest absolute Gasteiger partial charge is 0.237 e. The number of hydrogen-bond acceptors (Lipinski definition) is 4. The molecule has 88 valence electrons. The Labute approximate surface area is 94.6 Å². The summed E-state index contributed by atoms with van der Waals surface area (Å²) in [5.41, 5.74) is 0.833. The van der Waals surface area contributed by atoms with E-state index in [-0.39, 0.29) is 11.9 Å². The molecule has 1 saturated heterocycles. The van der Waals surface area contributed by atoms with E-state index in [0.717, 1.165) is 31.5 Å². The Balaban J connectivity index is 1.78. The fourth-order valence-electron chi connectivity index (χ4n) is 1.87. The second kappa shape index (κ2) is 5.12. The van der Waals surface area contributed by atoms with Crippen LogP contribution in [0.15, 0.2) is 10.6 Å². The van der Waals surface area contributed by atoms with Gasteiger partial charge >= 0.3 is 0 Å². The SMILES string of the molecule is Cc1cc(CNC(=O)[C@@H]2CCCCN2)on1. The first-order valence-electron chi connectivity index (χ1n) is 5.69. The summed E-state index contributed by atoms with van der Waals surface area (Å²) in [5, 5.41) is 9.81. The van der Waals surface area contributed by atoms with Gasteiger partial charge in [0.1, 0.15) is 0 Å². The molecule has 2 rings (SSSR count). The highest BCUT2D eigenvalue weighted by Gasteiger charge is 2.20. The van der Waals surface area contributed by atoms with E-state index in [9.17, 15) is 4.79 Å². The molecule has 1 fully saturated rings. The van der Waals surface area contributed by atoms with Crippen LogP contribution < -0.4 is 10.6 Å². The van der Waals surface area contributed by atoms with Crippen LogP contribution in [0.5, 0.6) is 0 Å². The highest BCUT2D eigenvalue weighted by Crippen LogP contribution is 2.07. The fourth-order valence-corrected chi connectivity index (χ4v) is 1.87. The second-order valence-corrected chi connectivity index (χ2v) is 4.15. The molecule has 0 aromatic carbocycles. The van der Waals surface area contributed by atoms with E-state index in [0.29, 0.717) is 12.3 Å². The van der Waals surface area contributed by atoms with Gasteiger partial charge in [0.2, 0.25) is 5.91 Å². The van der Waals surface area contributed by atoms with Gasteiger partial charge in [-0.2, -0.15) is 0 Å². The molecule has 0 radical (unpaired) electrons. The van der Waals surface area contributed by atoms with Crippen LogP contribution in [0.4, 0.5) is 0 Å². The van der Waals surface area contributed by atoms with E-state index in [1.54, 1.807) is 0 Å². The number of rotatable bonds is 3. The molecule has 1 aromatic rings. The van der Waals surface area contributed by atoms with E-state index in [1.165, 1.54) is 0 Å². The number of carbonyl (C=O) groups excluding carboxylic acids is 1. The van der Waals surface area contributed by atoms with Crippen LogP contribution in [0.2, 0.25) is 0 Å². The van der Waals surface area contributed by atoms with Gasteiger partial charge < -0.3 is 15.2 Å². The van der Waals surface area contributed by atoms with E-state index < -0.39 is 0 Å². The third kappa shape index (κ3) is 2.82. The van der Waals surface area contributed by atoms with Gasteiger partial charge in [-0.1, -0.05) is 11.6 Å². The Morgan fingerprint density at radius 1 is 1.69 bits per heavy atom. The van der Waals surface area contributed by atoms with Gasteiger partial charge in [0.15, 0.2) is 5.76 Å². The summed E-state index contributed by atoms with van der Waals surface area (Å²) >= 11 is 0. The lowest BCUT2D eigenvalue weighted by atomic mass is 10.0. The lowest BCUT2D eigenvalue weighted by molar-refractivity contribution is -0.123. The maximum atomic E-state index is 11.7. The molecule has 1 aromatic heterocycles. The predicted molar refractivity (Wildman–Crippen MR) is 58.7 cm³/mol. The van der Waals surface area contributed by atoms with Crippen molar-refractivity contribution in [2.24, 2.45) is 0 Å². The normalized spacial score (nSPS) is 20.7. The molecule has 2 N–H and O–H groups in total. The van der Waals surface area contributed by atoms with Gasteiger partial charge in [0, 0.05) is 6.07 Å². The van der Waals surface area contributed by atoms with Crippen LogP contribution in [0.1, 0.15) is 30.7 Å². The largest absolute Gasteiger partial charge is 0.359 e. The van der Waals surface area contributed by atoms with E-state index in [4.69, 9.17) is 4.52 Å². The zero-order valence-electron chi connectivity index (χ0n) is 9.45. The van der Waals surface area contributed by atoms with Gasteiger partial charge in [0.25, 0.3) is 0 Å². The van der Waals surface area contributed by atoms with Crippen LogP contribution in [-0.4, -0.2) is 23.7 Å². The van der Waals surface area contributed by atoms with Gasteiger partial charge in [-0.15, -0.1) is 0 Å². The third-order valence-corrected chi connectivity index (χ3v) is 2.74. The molecule has 0 saturated carbocycles. The molecule has 5 heteroatoms. The maximum absolute atomic E-state index is 11.7. The van der Waals surface area contributed by atoms with Crippen molar-refractivity contribution in [1.29, 1.82) is 0 Å². The molecule has 2 heterocycles. The lowest BCUT2D eigenvalue weighted by Gasteiger charge is -2.22. The average Bonchev–Trinajstić information content (AvgIpc) is 2.73. The Bertz CT molecular complexity index is 356. The maximum Gasteiger partial charge on any atom is 0.237 e. The Morgan fingerprint density at radius 3 is 3.19 bits per heavy atom. The minimum Gasteiger partial charge on any atom is -0.359 e. The summed E-state index contributed by atoms with van der Waals surface area (Å²) in [4.78, 5) is 11.7. The second-order valence-electron chi connectivity index (χ2n) is 4.15. The van der Waals surface area contributed by atoms with E-state index in [2.05, 4.69) is 15.8 Å². The van der Waals surface area contributed by atoms with Crippen molar-refractivity contribution in [1.82, 2.24) is 15.8 Å². The minimum absolute atomic E-state index is 0.0437. The van der Waals surface area contributed by atoms with Crippen molar-refractivity contribution in [3.05, 3.63) is 17.5 Å². The summed E-state index contributed by atoms with van der Waals surface area (Å²) in [6.07, 6.45) is 3.19. The first-order valence-corrected chi connectivity index (χ1v) is 5.69. The van der Waals surface area contributed by atoms with Crippen molar-refractivity contribution >= 4 is 5.91 Å². The van der Waals surface area contributed by atoms with Crippen molar-refractivity contribution < 1.29 is 9.32 Å². The number of aromatic nitrogens is 1. The molecule has 0 unspecified atom stereocenters. The Morgan fingerprint density at radius 2 is 2.56 bits per heavy atom. The summed E-state index contributed by atoms with van der Waals surface area (Å²) in [6, 6.07) is 1.78. The van der Waals surface area contributed by atoms with Crippen LogP contribution in [0.3, 0.4) is 0 Å². The first kappa shape index (κ1) is 11.1. The van der Waals surface area contributed by atoms with Crippen molar-refractivity contribution in [3.8, 4) is 0 Å². The number of piperidine rings is 1. The molecular formula is C11H17N3O2. The van der Waals surface area contributed by atoms with Crippen molar-refractivity contribution in [2.75, 3.05) is 6.54 Å². The number of carbonyl (C=O) groups is 1. The van der Waals surface area contributed by atoms with Crippen molar-refractivity contribution in [3.63, 3.8) is 0 Å². The summed E-state index contributed by atoms with van der Waals surface area (Å²) in [7, 11) is 0. The van der Waals surface area contributed by atoms with Crippen LogP contribution in [0, 0.1) is 6.92 Å². The molecule has 0 bridgehead atoms. The quantitative estimate of drug-likeness (QED) is 0.793. The number of nitrogens with one attached hydrogen (secondary N) is 2. The number of amides is 1. The van der Waals surface area contributed by atoms with Gasteiger partial charge in [-0.3, -0.25) is 4.79 Å². The van der Waals surface area contributed by atoms with E-state index >= 15 is 0 Å². The summed E-state index contributed by atoms with van der Waals surface area (Å²) in [5.74, 6) is 0.746. The molecule has 0 aliphatic carbocycles. The molecule has 16 heavy (non-hydrogen) atoms. The monoisotopic (exact) mass is 223 g/mol. The average molecular weight is 223 g/mol. The number of hydrogen-bond donors (Lipinski definition) is 2. The van der Waals surface area contributed by atoms with Gasteiger partial charge in [0.05, 0.1) is 18.3 Å². The number of aryl methyl sites for hydroxylation is 1. The molecule has 0 spiro atoms. The molecular weight excluding hydrogens is 206 g/mol. The molecule has 1 atom stereocenters. The topological polar surface area (TPSA) is 67.2 Å². The molecule has 1 aliphatic heterocycles. The first-order chi connectivity index (χ1) is 7.75. The zero-order valence-corrected chi connectivity index (χ0v) is 9.45. The van der Waals surface area contributed by atoms with Crippen molar-refractivity contribution in [2.45, 2.75) is 38.8 Å². The highest BCUT2D eigenvalue weighted by atomic mass is 16.5. The fraction of sp³-hybridized carbons (Fsp3) is 0.636. The summed E-state index contributed by atoms with van der Waals surface area (Å²) < 4.78 is 5.02. The van der Waals surface area contributed by atoms with Crippen LogP contribution in [0.25, 0.3) is 0 Å². The van der Waals surface area contributed by atoms with Gasteiger partial charge in [-0.05, 0) is 26.3 Å². The van der Waals surface area contributed by atoms with E-state index in [1.807, 2.05) is 13.0 Å². The summed E-state index contributed by atoms with van der Waals surface area (Å²) in [6.45, 7) is 3.20. The standard InChI is InChI=1S/C11H17N3O2/c1-8-6-9(16-14-8)7-13-11(15)10-4-2-3-5-12-10/h6,10,12H,2-5,7H2,1H3,(H,13,15)/t10-/m0/s1. The van der Waals surface area contributed by atoms with Gasteiger partial charge in [-0.25, -0.2) is 0 Å². The number of nitrogens with zero attached hydrogens (tertiary/aromatic N) is 1. The third-order valence-electron chi connectivity index (χ3n) is 2.74. The highest BCUT2D eigenvalue weighted by molar-refractivity contribution is 5.81. The van der Waals surface area contributed by atoms with Crippen LogP contribution >= 0.6 is 0 Å². The minimum atomic E-state index is -0.0437. The zero-order chi connectivity index (χ0) is 11.4. The molecule has 5 nitrogen and oxygen atoms in total. The molecule has 1 aliphatic rings. The lowest BCUT2D eigenvalue weighted by Crippen LogP contribution is -2.46. The predicted octanol–water partition coefficient (Wildman–Crippen LogP) is 0.741. The van der Waals surface area contributed by atoms with Crippen LogP contribution in [-0.2, 0) is 11.3 Å². The molecule has 1 amide bonds. The Kier molecular flexibility index (Phi) is 3.56.